The van der Waals surface area contributed by atoms with Gasteiger partial charge in [-0.1, -0.05) is 25.0 Å². The molecule has 36 heavy (non-hydrogen) atoms. The van der Waals surface area contributed by atoms with E-state index in [1.807, 2.05) is 0 Å². The number of hydrogen-bond acceptors (Lipinski definition) is 5. The van der Waals surface area contributed by atoms with Gasteiger partial charge in [-0.15, -0.1) is 0 Å². The van der Waals surface area contributed by atoms with Crippen molar-refractivity contribution in [1.29, 1.82) is 0 Å². The van der Waals surface area contributed by atoms with E-state index in [0.29, 0.717) is 12.8 Å². The van der Waals surface area contributed by atoms with E-state index in [1.54, 1.807) is 0 Å². The number of sulfone groups is 1. The Labute approximate surface area is 207 Å². The fourth-order valence-corrected chi connectivity index (χ4v) is 4.73. The molecule has 0 saturated heterocycles. The van der Waals surface area contributed by atoms with Crippen molar-refractivity contribution in [2.24, 2.45) is 0 Å². The van der Waals surface area contributed by atoms with Crippen molar-refractivity contribution in [3.63, 3.8) is 0 Å². The van der Waals surface area contributed by atoms with Crippen LogP contribution < -0.4 is 10.6 Å². The zero-order chi connectivity index (χ0) is 26.5. The Morgan fingerprint density at radius 3 is 2.08 bits per heavy atom. The number of benzene rings is 2. The summed E-state index contributed by atoms with van der Waals surface area (Å²) < 4.78 is 61.8. The lowest BCUT2D eigenvalue weighted by Crippen LogP contribution is -2.53. The molecule has 2 amide bonds. The van der Waals surface area contributed by atoms with Gasteiger partial charge in [0, 0.05) is 42.3 Å². The number of amides is 2. The minimum absolute atomic E-state index is 0.0986. The lowest BCUT2D eigenvalue weighted by molar-refractivity contribution is -0.137. The summed E-state index contributed by atoms with van der Waals surface area (Å²) in [6.45, 7) is 0. The average molecular weight is 525 g/mol. The molecule has 1 fully saturated rings. The first-order chi connectivity index (χ1) is 16.8. The molecule has 2 atom stereocenters. The second kappa shape index (κ2) is 11.2. The Bertz CT molecular complexity index is 1230. The fraction of sp³-hybridized carbons (Fsp3) is 0.400. The normalized spacial score (nSPS) is 18.3. The van der Waals surface area contributed by atoms with Crippen LogP contribution in [-0.4, -0.2) is 44.4 Å². The molecule has 1 aliphatic carbocycles. The molecule has 0 aromatic heterocycles. The zero-order valence-corrected chi connectivity index (χ0v) is 20.4. The standard InChI is InChI=1S/C25H27F3N2O5S/c1-36(34,35)19-11-9-16(10-12-19)24(33)30-21-8-3-2-7-20(21)29-23(32)14-13-22(31)17-5-4-6-18(15-17)25(26,27)28/h4-6,9-12,15,20-21H,2-3,7-8,13-14H2,1H3,(H,29,32)(H,30,33)/t20-,21+/m0/s1. The van der Waals surface area contributed by atoms with E-state index < -0.39 is 39.2 Å². The van der Waals surface area contributed by atoms with Crippen molar-refractivity contribution in [3.05, 3.63) is 65.2 Å². The van der Waals surface area contributed by atoms with Crippen LogP contribution in [-0.2, 0) is 20.8 Å². The number of carbonyl (C=O) groups is 3. The van der Waals surface area contributed by atoms with Crippen LogP contribution in [0, 0.1) is 0 Å². The van der Waals surface area contributed by atoms with E-state index in [4.69, 9.17) is 0 Å². The summed E-state index contributed by atoms with van der Waals surface area (Å²) in [4.78, 5) is 37.6. The predicted molar refractivity (Wildman–Crippen MR) is 126 cm³/mol. The second-order valence-electron chi connectivity index (χ2n) is 8.84. The molecule has 1 aliphatic rings. The predicted octanol–water partition coefficient (Wildman–Crippen LogP) is 3.93. The van der Waals surface area contributed by atoms with Gasteiger partial charge in [0.15, 0.2) is 15.6 Å². The summed E-state index contributed by atoms with van der Waals surface area (Å²) in [6, 6.07) is 8.90. The highest BCUT2D eigenvalue weighted by molar-refractivity contribution is 7.90. The van der Waals surface area contributed by atoms with Crippen LogP contribution in [0.3, 0.4) is 0 Å². The SMILES string of the molecule is CS(=O)(=O)c1ccc(C(=O)N[C@@H]2CCCC[C@@H]2NC(=O)CCC(=O)c2cccc(C(F)(F)F)c2)cc1. The third kappa shape index (κ3) is 7.39. The fourth-order valence-electron chi connectivity index (χ4n) is 4.10. The minimum Gasteiger partial charge on any atom is -0.351 e. The Balaban J connectivity index is 1.56. The number of hydrogen-bond donors (Lipinski definition) is 2. The van der Waals surface area contributed by atoms with Gasteiger partial charge in [-0.2, -0.15) is 13.2 Å². The van der Waals surface area contributed by atoms with Gasteiger partial charge in [-0.25, -0.2) is 8.42 Å². The highest BCUT2D eigenvalue weighted by Gasteiger charge is 2.31. The molecule has 2 aromatic carbocycles. The van der Waals surface area contributed by atoms with Crippen molar-refractivity contribution in [3.8, 4) is 0 Å². The summed E-state index contributed by atoms with van der Waals surface area (Å²) in [5.41, 5.74) is -0.753. The molecule has 2 aromatic rings. The summed E-state index contributed by atoms with van der Waals surface area (Å²) in [5.74, 6) is -1.40. The molecule has 11 heteroatoms. The zero-order valence-electron chi connectivity index (χ0n) is 19.6. The van der Waals surface area contributed by atoms with E-state index in [2.05, 4.69) is 10.6 Å². The number of alkyl halides is 3. The number of ketones is 1. The van der Waals surface area contributed by atoms with Gasteiger partial charge in [0.05, 0.1) is 10.5 Å². The topological polar surface area (TPSA) is 109 Å². The van der Waals surface area contributed by atoms with Crippen LogP contribution in [0.5, 0.6) is 0 Å². The highest BCUT2D eigenvalue weighted by Crippen LogP contribution is 2.30. The summed E-state index contributed by atoms with van der Waals surface area (Å²) in [5, 5.41) is 5.72. The maximum Gasteiger partial charge on any atom is 0.416 e. The van der Waals surface area contributed by atoms with Gasteiger partial charge in [0.25, 0.3) is 5.91 Å². The smallest absolute Gasteiger partial charge is 0.351 e. The number of carbonyl (C=O) groups excluding carboxylic acids is 3. The quantitative estimate of drug-likeness (QED) is 0.509. The van der Waals surface area contributed by atoms with Gasteiger partial charge in [0.2, 0.25) is 5.91 Å². The highest BCUT2D eigenvalue weighted by atomic mass is 32.2. The van der Waals surface area contributed by atoms with E-state index in [-0.39, 0.29) is 40.9 Å². The number of nitrogens with one attached hydrogen (secondary N) is 2. The van der Waals surface area contributed by atoms with Crippen molar-refractivity contribution in [2.45, 2.75) is 61.7 Å². The molecule has 0 heterocycles. The monoisotopic (exact) mass is 524 g/mol. The second-order valence-corrected chi connectivity index (χ2v) is 10.9. The lowest BCUT2D eigenvalue weighted by atomic mass is 9.89. The third-order valence-electron chi connectivity index (χ3n) is 6.06. The van der Waals surface area contributed by atoms with E-state index in [9.17, 15) is 36.0 Å². The molecular weight excluding hydrogens is 497 g/mol. The third-order valence-corrected chi connectivity index (χ3v) is 7.19. The van der Waals surface area contributed by atoms with Gasteiger partial charge in [-0.3, -0.25) is 14.4 Å². The summed E-state index contributed by atoms with van der Waals surface area (Å²) >= 11 is 0. The van der Waals surface area contributed by atoms with Crippen LogP contribution in [0.4, 0.5) is 13.2 Å². The molecule has 0 radical (unpaired) electrons. The van der Waals surface area contributed by atoms with E-state index in [1.165, 1.54) is 30.3 Å². The molecular formula is C25H27F3N2O5S. The van der Waals surface area contributed by atoms with Crippen molar-refractivity contribution >= 4 is 27.4 Å². The molecule has 0 unspecified atom stereocenters. The van der Waals surface area contributed by atoms with Gasteiger partial charge in [0.1, 0.15) is 0 Å². The van der Waals surface area contributed by atoms with Crippen LogP contribution in [0.25, 0.3) is 0 Å². The van der Waals surface area contributed by atoms with E-state index >= 15 is 0 Å². The van der Waals surface area contributed by atoms with Crippen LogP contribution in [0.2, 0.25) is 0 Å². The van der Waals surface area contributed by atoms with Crippen molar-refractivity contribution in [1.82, 2.24) is 10.6 Å². The number of Topliss-reactive ketones (excluding diaryl/α,β-unsaturated/α-hetero) is 1. The first-order valence-corrected chi connectivity index (χ1v) is 13.3. The van der Waals surface area contributed by atoms with Gasteiger partial charge < -0.3 is 10.6 Å². The first kappa shape index (κ1) is 27.4. The Morgan fingerprint density at radius 2 is 1.50 bits per heavy atom. The molecule has 3 rings (SSSR count). The first-order valence-electron chi connectivity index (χ1n) is 11.5. The maximum absolute atomic E-state index is 12.9. The lowest BCUT2D eigenvalue weighted by Gasteiger charge is -2.33. The molecule has 2 N–H and O–H groups in total. The van der Waals surface area contributed by atoms with E-state index in [0.717, 1.165) is 37.3 Å². The number of halogens is 3. The van der Waals surface area contributed by atoms with Crippen LogP contribution in [0.15, 0.2) is 53.4 Å². The van der Waals surface area contributed by atoms with Crippen molar-refractivity contribution < 1.29 is 36.0 Å². The Kier molecular flexibility index (Phi) is 8.55. The van der Waals surface area contributed by atoms with Gasteiger partial charge >= 0.3 is 6.18 Å². The Hall–Kier alpha value is -3.21. The molecule has 1 saturated carbocycles. The van der Waals surface area contributed by atoms with Gasteiger partial charge in [-0.05, 0) is 49.2 Å². The molecule has 194 valence electrons. The molecule has 0 spiro atoms. The maximum atomic E-state index is 12.9. The minimum atomic E-state index is -4.57. The summed E-state index contributed by atoms with van der Waals surface area (Å²) in [6.07, 6.45) is -1.01. The Morgan fingerprint density at radius 1 is 0.889 bits per heavy atom. The van der Waals surface area contributed by atoms with Crippen LogP contribution >= 0.6 is 0 Å². The largest absolute Gasteiger partial charge is 0.416 e. The van der Waals surface area contributed by atoms with Crippen molar-refractivity contribution in [2.75, 3.05) is 6.26 Å². The molecule has 7 nitrogen and oxygen atoms in total. The summed E-state index contributed by atoms with van der Waals surface area (Å²) in [7, 11) is -3.39. The van der Waals surface area contributed by atoms with Crippen LogP contribution in [0.1, 0.15) is 64.8 Å². The number of rotatable bonds is 8. The average Bonchev–Trinajstić information content (AvgIpc) is 2.83. The molecule has 0 bridgehead atoms. The molecule has 0 aliphatic heterocycles.